The van der Waals surface area contributed by atoms with E-state index in [2.05, 4.69) is 56.0 Å². The summed E-state index contributed by atoms with van der Waals surface area (Å²) in [5.74, 6) is -0.375. The lowest BCUT2D eigenvalue weighted by molar-refractivity contribution is -0.0310. The number of aromatic nitrogens is 4. The van der Waals surface area contributed by atoms with Gasteiger partial charge in [-0.05, 0) is 48.7 Å². The van der Waals surface area contributed by atoms with Gasteiger partial charge in [0.1, 0.15) is 16.5 Å². The number of hydrogen-bond acceptors (Lipinski definition) is 6. The van der Waals surface area contributed by atoms with Gasteiger partial charge in [-0.25, -0.2) is 18.9 Å². The van der Waals surface area contributed by atoms with Crippen LogP contribution in [0.4, 0.5) is 4.39 Å². The van der Waals surface area contributed by atoms with Gasteiger partial charge in [0.05, 0.1) is 11.4 Å². The summed E-state index contributed by atoms with van der Waals surface area (Å²) in [6.07, 6.45) is 1.67. The Kier molecular flexibility index (Phi) is 5.72. The van der Waals surface area contributed by atoms with Crippen molar-refractivity contribution in [3.05, 3.63) is 93.3 Å². The van der Waals surface area contributed by atoms with Crippen molar-refractivity contribution in [1.82, 2.24) is 24.5 Å². The predicted octanol–water partition coefficient (Wildman–Crippen LogP) is 6.03. The van der Waals surface area contributed by atoms with Crippen LogP contribution in [0.2, 0.25) is 0 Å². The van der Waals surface area contributed by atoms with Gasteiger partial charge in [0.2, 0.25) is 0 Å². The number of aliphatic hydroxyl groups is 1. The second-order valence-corrected chi connectivity index (χ2v) is 10.4. The van der Waals surface area contributed by atoms with E-state index in [0.29, 0.717) is 39.3 Å². The first-order chi connectivity index (χ1) is 17.0. The first-order valence-electron chi connectivity index (χ1n) is 11.3. The summed E-state index contributed by atoms with van der Waals surface area (Å²) in [5, 5.41) is 18.8. The van der Waals surface area contributed by atoms with Crippen LogP contribution in [0.15, 0.2) is 70.6 Å². The van der Waals surface area contributed by atoms with E-state index in [4.69, 9.17) is 4.98 Å². The highest BCUT2D eigenvalue weighted by Crippen LogP contribution is 2.36. The summed E-state index contributed by atoms with van der Waals surface area (Å²) >= 11 is 4.78. The Morgan fingerprint density at radius 3 is 2.83 bits per heavy atom. The molecule has 9 heteroatoms. The minimum Gasteiger partial charge on any atom is -0.372 e. The maximum Gasteiger partial charge on any atom is 0.156 e. The summed E-state index contributed by atoms with van der Waals surface area (Å²) < 4.78 is 17.0. The molecule has 0 saturated heterocycles. The summed E-state index contributed by atoms with van der Waals surface area (Å²) in [4.78, 5) is 11.3. The fourth-order valence-corrected chi connectivity index (χ4v) is 5.72. The largest absolute Gasteiger partial charge is 0.372 e. The molecule has 6 nitrogen and oxygen atoms in total. The van der Waals surface area contributed by atoms with Crippen LogP contribution in [0.3, 0.4) is 0 Å². The van der Waals surface area contributed by atoms with E-state index in [1.54, 1.807) is 28.9 Å². The molecule has 3 aromatic heterocycles. The minimum absolute atomic E-state index is 0.0358. The average Bonchev–Trinajstić information content (AvgIpc) is 3.54. The number of nitrogens with zero attached hydrogens (tertiary/aromatic N) is 5. The Hall–Kier alpha value is -2.98. The maximum absolute atomic E-state index is 14.7. The van der Waals surface area contributed by atoms with Crippen LogP contribution in [0, 0.1) is 5.82 Å². The smallest absolute Gasteiger partial charge is 0.156 e. The van der Waals surface area contributed by atoms with Crippen LogP contribution >= 0.6 is 27.3 Å². The van der Waals surface area contributed by atoms with Gasteiger partial charge in [-0.3, -0.25) is 4.90 Å². The molecule has 6 rings (SSSR count). The molecule has 1 unspecified atom stereocenters. The van der Waals surface area contributed by atoms with Gasteiger partial charge >= 0.3 is 0 Å². The standard InChI is InChI=1S/C26H21BrFN5OS/c1-15-18-5-3-2-4-16(18)8-10-32(15)26(34)22-13-23(25-29-9-11-35-25)33-24(30-22)14-21(31-33)19-7-6-17(27)12-20(19)28/h2-7,9,11-15,26,34H,8,10H2,1H3/t15-,26?/m1/s1. The van der Waals surface area contributed by atoms with E-state index >= 15 is 0 Å². The van der Waals surface area contributed by atoms with Gasteiger partial charge in [0.15, 0.2) is 11.9 Å². The SMILES string of the molecule is C[C@@H]1c2ccccc2CCN1C(O)c1cc(-c2nccs2)n2nc(-c3ccc(Br)cc3F)cc2n1. The van der Waals surface area contributed by atoms with E-state index in [-0.39, 0.29) is 11.9 Å². The number of aliphatic hydroxyl groups excluding tert-OH is 1. The highest BCUT2D eigenvalue weighted by atomic mass is 79.9. The Morgan fingerprint density at radius 1 is 1.17 bits per heavy atom. The summed E-state index contributed by atoms with van der Waals surface area (Å²) in [7, 11) is 0. The normalized spacial score (nSPS) is 17.0. The number of fused-ring (bicyclic) bond motifs is 2. The first-order valence-corrected chi connectivity index (χ1v) is 12.9. The van der Waals surface area contributed by atoms with Gasteiger partial charge in [-0.1, -0.05) is 40.2 Å². The van der Waals surface area contributed by atoms with Crippen molar-refractivity contribution in [2.45, 2.75) is 25.6 Å². The molecule has 0 bridgehead atoms. The molecule has 1 aliphatic rings. The van der Waals surface area contributed by atoms with Crippen molar-refractivity contribution in [2.24, 2.45) is 0 Å². The highest BCUT2D eigenvalue weighted by Gasteiger charge is 2.31. The van der Waals surface area contributed by atoms with E-state index in [0.717, 1.165) is 11.4 Å². The molecule has 2 atom stereocenters. The van der Waals surface area contributed by atoms with E-state index < -0.39 is 6.23 Å². The molecular formula is C26H21BrFN5OS. The van der Waals surface area contributed by atoms with E-state index in [1.807, 2.05) is 17.5 Å². The zero-order valence-corrected chi connectivity index (χ0v) is 21.2. The molecule has 2 aromatic carbocycles. The number of rotatable bonds is 4. The molecule has 1 N–H and O–H groups in total. The van der Waals surface area contributed by atoms with Gasteiger partial charge in [0.25, 0.3) is 0 Å². The molecule has 0 radical (unpaired) electrons. The topological polar surface area (TPSA) is 66.5 Å². The van der Waals surface area contributed by atoms with Gasteiger partial charge < -0.3 is 5.11 Å². The molecule has 176 valence electrons. The lowest BCUT2D eigenvalue weighted by Gasteiger charge is -2.38. The van der Waals surface area contributed by atoms with Gasteiger partial charge in [-0.2, -0.15) is 5.10 Å². The van der Waals surface area contributed by atoms with Gasteiger partial charge in [-0.15, -0.1) is 11.3 Å². The summed E-state index contributed by atoms with van der Waals surface area (Å²) in [6.45, 7) is 2.82. The lowest BCUT2D eigenvalue weighted by Crippen LogP contribution is -2.37. The molecule has 0 fully saturated rings. The van der Waals surface area contributed by atoms with Crippen LogP contribution in [-0.4, -0.2) is 36.1 Å². The number of halogens is 2. The third-order valence-corrected chi connectivity index (χ3v) is 7.82. The van der Waals surface area contributed by atoms with Crippen molar-refractivity contribution in [1.29, 1.82) is 0 Å². The predicted molar refractivity (Wildman–Crippen MR) is 137 cm³/mol. The molecule has 0 spiro atoms. The van der Waals surface area contributed by atoms with Crippen molar-refractivity contribution in [2.75, 3.05) is 6.54 Å². The molecule has 35 heavy (non-hydrogen) atoms. The van der Waals surface area contributed by atoms with E-state index in [9.17, 15) is 9.50 Å². The molecular weight excluding hydrogens is 529 g/mol. The third kappa shape index (κ3) is 3.98. The van der Waals surface area contributed by atoms with Crippen LogP contribution in [-0.2, 0) is 6.42 Å². The minimum atomic E-state index is -0.912. The maximum atomic E-state index is 14.7. The zero-order chi connectivity index (χ0) is 24.1. The quantitative estimate of drug-likeness (QED) is 0.296. The lowest BCUT2D eigenvalue weighted by atomic mass is 9.93. The number of thiazole rings is 1. The highest BCUT2D eigenvalue weighted by molar-refractivity contribution is 9.10. The Balaban J connectivity index is 1.46. The Labute approximate surface area is 213 Å². The van der Waals surface area contributed by atoms with Crippen molar-refractivity contribution in [3.8, 4) is 22.0 Å². The van der Waals surface area contributed by atoms with Crippen LogP contribution < -0.4 is 0 Å². The average molecular weight is 550 g/mol. The molecule has 0 amide bonds. The summed E-state index contributed by atoms with van der Waals surface area (Å²) in [6, 6.07) is 16.8. The summed E-state index contributed by atoms with van der Waals surface area (Å²) in [5.41, 5.74) is 5.11. The van der Waals surface area contributed by atoms with Crippen LogP contribution in [0.25, 0.3) is 27.6 Å². The fourth-order valence-electron chi connectivity index (χ4n) is 4.75. The Bertz CT molecular complexity index is 1540. The second-order valence-electron chi connectivity index (χ2n) is 8.56. The Morgan fingerprint density at radius 2 is 2.03 bits per heavy atom. The molecule has 5 aromatic rings. The number of hydrogen-bond donors (Lipinski definition) is 1. The second kappa shape index (κ2) is 8.91. The number of benzene rings is 2. The van der Waals surface area contributed by atoms with Crippen molar-refractivity contribution in [3.63, 3.8) is 0 Å². The van der Waals surface area contributed by atoms with Crippen LogP contribution in [0.1, 0.15) is 36.0 Å². The first kappa shape index (κ1) is 22.5. The van der Waals surface area contributed by atoms with Crippen LogP contribution in [0.5, 0.6) is 0 Å². The molecule has 1 aliphatic heterocycles. The van der Waals surface area contributed by atoms with Crippen molar-refractivity contribution >= 4 is 32.9 Å². The van der Waals surface area contributed by atoms with Gasteiger partial charge in [0, 0.05) is 40.3 Å². The zero-order valence-electron chi connectivity index (χ0n) is 18.8. The molecule has 4 heterocycles. The van der Waals surface area contributed by atoms with Crippen molar-refractivity contribution < 1.29 is 9.50 Å². The third-order valence-electron chi connectivity index (χ3n) is 6.53. The monoisotopic (exact) mass is 549 g/mol. The fraction of sp³-hybridized carbons (Fsp3) is 0.192. The van der Waals surface area contributed by atoms with E-state index in [1.165, 1.54) is 28.5 Å². The molecule has 0 saturated carbocycles. The molecule has 0 aliphatic carbocycles.